The van der Waals surface area contributed by atoms with Crippen LogP contribution in [0, 0.1) is 12.3 Å². The first kappa shape index (κ1) is 24.0. The van der Waals surface area contributed by atoms with Gasteiger partial charge in [-0.15, -0.1) is 10.2 Å². The average molecular weight is 442 g/mol. The summed E-state index contributed by atoms with van der Waals surface area (Å²) < 4.78 is 7.77. The molecular weight excluding hydrogens is 402 g/mol. The number of aromatic nitrogens is 3. The van der Waals surface area contributed by atoms with Gasteiger partial charge in [-0.3, -0.25) is 0 Å². The van der Waals surface area contributed by atoms with Crippen molar-refractivity contribution in [2.75, 3.05) is 32.1 Å². The number of aliphatic imine (C=N–C) groups is 1. The van der Waals surface area contributed by atoms with Crippen LogP contribution in [0.25, 0.3) is 0 Å². The summed E-state index contributed by atoms with van der Waals surface area (Å²) in [7, 11) is 5.89. The Morgan fingerprint density at radius 1 is 1.25 bits per heavy atom. The van der Waals surface area contributed by atoms with Gasteiger partial charge in [0.1, 0.15) is 12.4 Å². The van der Waals surface area contributed by atoms with Gasteiger partial charge < -0.3 is 24.8 Å². The Hall–Kier alpha value is -2.61. The summed E-state index contributed by atoms with van der Waals surface area (Å²) in [6.45, 7) is 10.9. The fourth-order valence-electron chi connectivity index (χ4n) is 4.11. The zero-order valence-electron chi connectivity index (χ0n) is 20.6. The van der Waals surface area contributed by atoms with E-state index in [1.165, 1.54) is 5.69 Å². The number of para-hydroxylation sites is 1. The molecule has 2 aromatic rings. The highest BCUT2D eigenvalue weighted by Crippen LogP contribution is 2.51. The van der Waals surface area contributed by atoms with E-state index in [9.17, 15) is 0 Å². The molecule has 2 atom stereocenters. The molecule has 176 valence electrons. The fourth-order valence-corrected chi connectivity index (χ4v) is 4.11. The second kappa shape index (κ2) is 9.90. The van der Waals surface area contributed by atoms with Gasteiger partial charge in [-0.2, -0.15) is 0 Å². The van der Waals surface area contributed by atoms with Crippen LogP contribution in [0.4, 0.5) is 5.69 Å². The number of anilines is 1. The largest absolute Gasteiger partial charge is 0.378 e. The third-order valence-corrected chi connectivity index (χ3v) is 7.31. The topological polar surface area (TPSA) is 79.6 Å². The number of methoxy groups -OCH3 is 1. The number of ether oxygens (including phenoxy) is 1. The maximum absolute atomic E-state index is 5.79. The Labute approximate surface area is 192 Å². The number of benzene rings is 1. The van der Waals surface area contributed by atoms with E-state index in [0.29, 0.717) is 6.54 Å². The predicted molar refractivity (Wildman–Crippen MR) is 130 cm³/mol. The Bertz CT molecular complexity index is 908. The molecule has 1 aromatic carbocycles. The number of hydrogen-bond acceptors (Lipinski definition) is 5. The monoisotopic (exact) mass is 441 g/mol. The lowest BCUT2D eigenvalue weighted by atomic mass is 9.56. The zero-order chi connectivity index (χ0) is 23.4. The van der Waals surface area contributed by atoms with Gasteiger partial charge in [0.25, 0.3) is 0 Å². The Balaban J connectivity index is 1.60. The van der Waals surface area contributed by atoms with E-state index in [4.69, 9.17) is 9.73 Å². The SMILES string of the molecule is COC1(C)CC(NC(=NCc2nnc(C)n2C)NCCCN(C)c2ccccc2)C1(C)C. The lowest BCUT2D eigenvalue weighted by Gasteiger charge is -2.59. The standard InChI is InChI=1S/C24H39N7O/c1-18-28-29-21(31(18)6)17-26-22(27-20-16-24(4,32-7)23(20,2)3)25-14-11-15-30(5)19-12-9-8-10-13-19/h8-10,12-13,20H,11,14-17H2,1-7H3,(H2,25,26,27). The van der Waals surface area contributed by atoms with Gasteiger partial charge in [-0.25, -0.2) is 4.99 Å². The molecule has 2 unspecified atom stereocenters. The molecule has 1 aliphatic carbocycles. The van der Waals surface area contributed by atoms with Crippen LogP contribution in [0.3, 0.4) is 0 Å². The van der Waals surface area contributed by atoms with Crippen molar-refractivity contribution in [3.05, 3.63) is 42.0 Å². The third kappa shape index (κ3) is 5.06. The van der Waals surface area contributed by atoms with Crippen LogP contribution in [-0.4, -0.2) is 59.6 Å². The Morgan fingerprint density at radius 2 is 1.97 bits per heavy atom. The van der Waals surface area contributed by atoms with Crippen LogP contribution in [0.1, 0.15) is 45.3 Å². The normalized spacial score (nSPS) is 22.3. The molecule has 1 fully saturated rings. The molecule has 0 bridgehead atoms. The first-order valence-electron chi connectivity index (χ1n) is 11.4. The van der Waals surface area contributed by atoms with Crippen LogP contribution in [-0.2, 0) is 18.3 Å². The highest BCUT2D eigenvalue weighted by molar-refractivity contribution is 5.80. The van der Waals surface area contributed by atoms with Crippen LogP contribution in [0.2, 0.25) is 0 Å². The first-order valence-corrected chi connectivity index (χ1v) is 11.4. The number of guanidine groups is 1. The molecule has 1 saturated carbocycles. The maximum atomic E-state index is 5.79. The van der Waals surface area contributed by atoms with Crippen molar-refractivity contribution in [1.29, 1.82) is 0 Å². The molecule has 2 N–H and O–H groups in total. The van der Waals surface area contributed by atoms with E-state index < -0.39 is 0 Å². The van der Waals surface area contributed by atoms with Crippen molar-refractivity contribution in [3.8, 4) is 0 Å². The van der Waals surface area contributed by atoms with Crippen molar-refractivity contribution in [2.24, 2.45) is 17.5 Å². The summed E-state index contributed by atoms with van der Waals surface area (Å²) in [5.41, 5.74) is 1.10. The van der Waals surface area contributed by atoms with E-state index in [-0.39, 0.29) is 17.1 Å². The lowest BCUT2D eigenvalue weighted by Crippen LogP contribution is -2.69. The van der Waals surface area contributed by atoms with Crippen molar-refractivity contribution < 1.29 is 4.74 Å². The van der Waals surface area contributed by atoms with Gasteiger partial charge in [-0.05, 0) is 38.8 Å². The molecule has 1 aliphatic rings. The lowest BCUT2D eigenvalue weighted by molar-refractivity contribution is -0.176. The summed E-state index contributed by atoms with van der Waals surface area (Å²) in [5, 5.41) is 15.5. The molecule has 0 spiro atoms. The van der Waals surface area contributed by atoms with Crippen molar-refractivity contribution in [2.45, 2.75) is 58.7 Å². The Morgan fingerprint density at radius 3 is 2.56 bits per heavy atom. The molecule has 3 rings (SSSR count). The number of nitrogens with zero attached hydrogens (tertiary/aromatic N) is 5. The third-order valence-electron chi connectivity index (χ3n) is 7.31. The zero-order valence-corrected chi connectivity index (χ0v) is 20.6. The van der Waals surface area contributed by atoms with Crippen LogP contribution in [0.15, 0.2) is 35.3 Å². The minimum Gasteiger partial charge on any atom is -0.378 e. The molecule has 1 aromatic heterocycles. The van der Waals surface area contributed by atoms with Crippen molar-refractivity contribution in [1.82, 2.24) is 25.4 Å². The molecule has 0 amide bonds. The van der Waals surface area contributed by atoms with Gasteiger partial charge in [0.2, 0.25) is 0 Å². The van der Waals surface area contributed by atoms with E-state index in [2.05, 4.69) is 77.8 Å². The quantitative estimate of drug-likeness (QED) is 0.354. The van der Waals surface area contributed by atoms with E-state index in [1.54, 1.807) is 7.11 Å². The molecule has 1 heterocycles. The summed E-state index contributed by atoms with van der Waals surface area (Å²) >= 11 is 0. The minimum absolute atomic E-state index is 0.000898. The van der Waals surface area contributed by atoms with E-state index >= 15 is 0 Å². The molecule has 8 nitrogen and oxygen atoms in total. The predicted octanol–water partition coefficient (Wildman–Crippen LogP) is 2.89. The van der Waals surface area contributed by atoms with Crippen molar-refractivity contribution in [3.63, 3.8) is 0 Å². The number of aryl methyl sites for hydroxylation is 1. The van der Waals surface area contributed by atoms with Crippen LogP contribution < -0.4 is 15.5 Å². The van der Waals surface area contributed by atoms with E-state index in [1.807, 2.05) is 24.6 Å². The van der Waals surface area contributed by atoms with Crippen molar-refractivity contribution >= 4 is 11.6 Å². The van der Waals surface area contributed by atoms with Gasteiger partial charge >= 0.3 is 0 Å². The molecular formula is C24H39N7O. The highest BCUT2D eigenvalue weighted by Gasteiger charge is 2.58. The molecule has 0 aliphatic heterocycles. The van der Waals surface area contributed by atoms with E-state index in [0.717, 1.165) is 43.5 Å². The van der Waals surface area contributed by atoms with Gasteiger partial charge in [0, 0.05) is 51.4 Å². The number of hydrogen-bond donors (Lipinski definition) is 2. The molecule has 0 saturated heterocycles. The summed E-state index contributed by atoms with van der Waals surface area (Å²) in [6, 6.07) is 10.7. The fraction of sp³-hybridized carbons (Fsp3) is 0.625. The number of rotatable bonds is 9. The average Bonchev–Trinajstić information content (AvgIpc) is 3.11. The smallest absolute Gasteiger partial charge is 0.191 e. The number of nitrogens with one attached hydrogen (secondary N) is 2. The molecule has 32 heavy (non-hydrogen) atoms. The van der Waals surface area contributed by atoms with Gasteiger partial charge in [-0.1, -0.05) is 32.0 Å². The summed E-state index contributed by atoms with van der Waals surface area (Å²) in [5.74, 6) is 2.55. The highest BCUT2D eigenvalue weighted by atomic mass is 16.5. The summed E-state index contributed by atoms with van der Waals surface area (Å²) in [6.07, 6.45) is 1.94. The van der Waals surface area contributed by atoms with Crippen LogP contribution >= 0.6 is 0 Å². The molecule has 0 radical (unpaired) electrons. The Kier molecular flexibility index (Phi) is 7.44. The first-order chi connectivity index (χ1) is 15.2. The maximum Gasteiger partial charge on any atom is 0.191 e. The summed E-state index contributed by atoms with van der Waals surface area (Å²) in [4.78, 5) is 7.09. The second-order valence-corrected chi connectivity index (χ2v) is 9.48. The second-order valence-electron chi connectivity index (χ2n) is 9.48. The van der Waals surface area contributed by atoms with Gasteiger partial charge in [0.15, 0.2) is 11.8 Å². The van der Waals surface area contributed by atoms with Crippen LogP contribution in [0.5, 0.6) is 0 Å². The molecule has 8 heteroatoms. The minimum atomic E-state index is -0.130. The van der Waals surface area contributed by atoms with Gasteiger partial charge in [0.05, 0.1) is 5.60 Å².